The maximum absolute atomic E-state index is 13.1. The minimum absolute atomic E-state index is 0.0688. The molecule has 5 heterocycles. The molecule has 2 saturated heterocycles. The van der Waals surface area contributed by atoms with Crippen LogP contribution in [-0.4, -0.2) is 69.8 Å². The van der Waals surface area contributed by atoms with Crippen LogP contribution in [0.25, 0.3) is 21.8 Å². The van der Waals surface area contributed by atoms with Crippen LogP contribution < -0.4 is 15.8 Å². The summed E-state index contributed by atoms with van der Waals surface area (Å²) in [6.45, 7) is 9.83. The number of H-pyrrole nitrogens is 1. The van der Waals surface area contributed by atoms with Crippen molar-refractivity contribution in [2.45, 2.75) is 70.3 Å². The molecule has 0 aliphatic carbocycles. The molecule has 0 radical (unpaired) electrons. The summed E-state index contributed by atoms with van der Waals surface area (Å²) >= 11 is 0. The average molecular weight is 600 g/mol. The first kappa shape index (κ1) is 29.6. The Morgan fingerprint density at radius 3 is 2.82 bits per heavy atom. The van der Waals surface area contributed by atoms with Crippen LogP contribution in [0.1, 0.15) is 47.0 Å². The maximum Gasteiger partial charge on any atom is 0.335 e. The van der Waals surface area contributed by atoms with Gasteiger partial charge < -0.3 is 29.4 Å². The highest BCUT2D eigenvalue weighted by molar-refractivity contribution is 5.92. The molecule has 12 heteroatoms. The lowest BCUT2D eigenvalue weighted by Gasteiger charge is -2.39. The fourth-order valence-electron chi connectivity index (χ4n) is 5.95. The summed E-state index contributed by atoms with van der Waals surface area (Å²) < 4.78 is 18.9. The summed E-state index contributed by atoms with van der Waals surface area (Å²) in [5, 5.41) is 19.3. The van der Waals surface area contributed by atoms with Crippen LogP contribution in [0.5, 0.6) is 0 Å². The Bertz CT molecular complexity index is 1790. The molecule has 2 N–H and O–H groups in total. The predicted molar refractivity (Wildman–Crippen MR) is 166 cm³/mol. The van der Waals surface area contributed by atoms with Gasteiger partial charge in [0.05, 0.1) is 48.4 Å². The van der Waals surface area contributed by atoms with Gasteiger partial charge in [-0.2, -0.15) is 10.4 Å². The van der Waals surface area contributed by atoms with Crippen molar-refractivity contribution in [1.82, 2.24) is 19.7 Å². The highest BCUT2D eigenvalue weighted by Gasteiger charge is 2.43. The first-order valence-electron chi connectivity index (χ1n) is 14.9. The van der Waals surface area contributed by atoms with E-state index in [0.717, 1.165) is 35.5 Å². The Hall–Kier alpha value is -4.47. The number of nitriles is 1. The smallest absolute Gasteiger partial charge is 0.335 e. The molecule has 0 saturated carbocycles. The van der Waals surface area contributed by atoms with E-state index in [1.807, 2.05) is 51.1 Å². The summed E-state index contributed by atoms with van der Waals surface area (Å²) in [6.07, 6.45) is 1.87. The SMILES string of the molecule is C[C@H]1CN(c2ccc3cc(Nc4nn([C@]5(CC#N)CC[C@@H](C(=O)OC(C)(C)C)OC5)c5cc[nH]c(=O)c45)ccc3n2)CCO1. The highest BCUT2D eigenvalue weighted by atomic mass is 16.6. The number of carbonyl (C=O) groups is 1. The largest absolute Gasteiger partial charge is 0.458 e. The minimum Gasteiger partial charge on any atom is -0.458 e. The number of fused-ring (bicyclic) bond motifs is 2. The summed E-state index contributed by atoms with van der Waals surface area (Å²) in [5.41, 5.74) is 0.341. The number of benzene rings is 1. The van der Waals surface area contributed by atoms with E-state index in [1.165, 1.54) is 0 Å². The first-order valence-corrected chi connectivity index (χ1v) is 14.9. The number of nitrogens with zero attached hydrogens (tertiary/aromatic N) is 5. The van der Waals surface area contributed by atoms with E-state index in [1.54, 1.807) is 16.9 Å². The standard InChI is InChI=1S/C32H37N7O5/c1-20-18-38(15-16-42-20)26-8-5-21-17-22(6-7-23(21)36-26)35-28-27-24(10-14-34-29(27)40)39(37-28)32(12-13-33)11-9-25(43-19-32)30(41)44-31(2,3)4/h5-8,10,14,17,20,25H,9,11-12,15-16,18-19H2,1-4H3,(H,34,40)(H,35,37)/t20-,25-,32-/m0/s1. The van der Waals surface area contributed by atoms with Gasteiger partial charge in [-0.3, -0.25) is 9.48 Å². The van der Waals surface area contributed by atoms with Crippen molar-refractivity contribution >= 4 is 45.1 Å². The van der Waals surface area contributed by atoms with Gasteiger partial charge in [0.2, 0.25) is 0 Å². The molecule has 230 valence electrons. The molecule has 12 nitrogen and oxygen atoms in total. The Balaban J connectivity index is 1.30. The van der Waals surface area contributed by atoms with Crippen LogP contribution in [0.3, 0.4) is 0 Å². The molecular formula is C32H37N7O5. The fourth-order valence-corrected chi connectivity index (χ4v) is 5.95. The van der Waals surface area contributed by atoms with Crippen LogP contribution in [0.15, 0.2) is 47.4 Å². The van der Waals surface area contributed by atoms with Crippen molar-refractivity contribution in [3.05, 3.63) is 52.9 Å². The second kappa shape index (κ2) is 11.6. The van der Waals surface area contributed by atoms with Crippen LogP contribution in [0, 0.1) is 11.3 Å². The van der Waals surface area contributed by atoms with Gasteiger partial charge in [0.25, 0.3) is 5.56 Å². The van der Waals surface area contributed by atoms with Crippen molar-refractivity contribution in [2.24, 2.45) is 0 Å². The molecule has 3 aromatic heterocycles. The monoisotopic (exact) mass is 599 g/mol. The lowest BCUT2D eigenvalue weighted by atomic mass is 9.87. The van der Waals surface area contributed by atoms with E-state index in [-0.39, 0.29) is 24.7 Å². The van der Waals surface area contributed by atoms with Crippen molar-refractivity contribution < 1.29 is 19.0 Å². The van der Waals surface area contributed by atoms with E-state index in [0.29, 0.717) is 36.2 Å². The molecule has 1 aromatic carbocycles. The number of hydrogen-bond acceptors (Lipinski definition) is 10. The Kier molecular flexibility index (Phi) is 7.77. The van der Waals surface area contributed by atoms with Crippen molar-refractivity contribution in [1.29, 1.82) is 5.26 Å². The quantitative estimate of drug-likeness (QED) is 0.306. The first-order chi connectivity index (χ1) is 21.0. The Labute approximate surface area is 254 Å². The molecule has 4 aromatic rings. The normalized spacial score (nSPS) is 22.6. The zero-order chi connectivity index (χ0) is 31.1. The highest BCUT2D eigenvalue weighted by Crippen LogP contribution is 2.38. The van der Waals surface area contributed by atoms with Gasteiger partial charge >= 0.3 is 5.97 Å². The molecular weight excluding hydrogens is 562 g/mol. The molecule has 3 atom stereocenters. The number of esters is 1. The molecule has 44 heavy (non-hydrogen) atoms. The number of hydrogen-bond donors (Lipinski definition) is 2. The zero-order valence-corrected chi connectivity index (χ0v) is 25.4. The van der Waals surface area contributed by atoms with Crippen molar-refractivity contribution in [2.75, 3.05) is 36.5 Å². The van der Waals surface area contributed by atoms with Crippen molar-refractivity contribution in [3.8, 4) is 6.07 Å². The summed E-state index contributed by atoms with van der Waals surface area (Å²) in [6, 6.07) is 13.9. The predicted octanol–water partition coefficient (Wildman–Crippen LogP) is 4.37. The zero-order valence-electron chi connectivity index (χ0n) is 25.4. The summed E-state index contributed by atoms with van der Waals surface area (Å²) in [5.74, 6) is 0.847. The number of aromatic nitrogens is 4. The number of rotatable bonds is 6. The molecule has 2 aliphatic heterocycles. The molecule has 2 fully saturated rings. The lowest BCUT2D eigenvalue weighted by Crippen LogP contribution is -2.47. The third-order valence-corrected chi connectivity index (χ3v) is 8.06. The summed E-state index contributed by atoms with van der Waals surface area (Å²) in [7, 11) is 0. The molecule has 6 rings (SSSR count). The average Bonchev–Trinajstić information content (AvgIpc) is 3.36. The summed E-state index contributed by atoms with van der Waals surface area (Å²) in [4.78, 5) is 35.6. The number of carbonyl (C=O) groups excluding carboxylic acids is 1. The number of pyridine rings is 2. The molecule has 0 bridgehead atoms. The second-order valence-corrected chi connectivity index (χ2v) is 12.6. The van der Waals surface area contributed by atoms with Crippen LogP contribution in [-0.2, 0) is 24.5 Å². The Morgan fingerprint density at radius 2 is 2.09 bits per heavy atom. The van der Waals surface area contributed by atoms with Crippen LogP contribution in [0.4, 0.5) is 17.3 Å². The van der Waals surface area contributed by atoms with Gasteiger partial charge in [0, 0.05) is 30.4 Å². The number of aromatic amines is 1. The number of anilines is 3. The van der Waals surface area contributed by atoms with Gasteiger partial charge in [-0.25, -0.2) is 9.78 Å². The topological polar surface area (TPSA) is 147 Å². The van der Waals surface area contributed by atoms with E-state index >= 15 is 0 Å². The minimum atomic E-state index is -0.875. The van der Waals surface area contributed by atoms with Gasteiger partial charge in [0.1, 0.15) is 16.8 Å². The molecule has 2 aliphatic rings. The van der Waals surface area contributed by atoms with Crippen molar-refractivity contribution in [3.63, 3.8) is 0 Å². The van der Waals surface area contributed by atoms with Gasteiger partial charge in [-0.15, -0.1) is 0 Å². The van der Waals surface area contributed by atoms with E-state index in [9.17, 15) is 14.9 Å². The van der Waals surface area contributed by atoms with E-state index in [2.05, 4.69) is 28.2 Å². The van der Waals surface area contributed by atoms with E-state index < -0.39 is 23.2 Å². The second-order valence-electron chi connectivity index (χ2n) is 12.6. The molecule has 0 spiro atoms. The van der Waals surface area contributed by atoms with Gasteiger partial charge in [0.15, 0.2) is 11.9 Å². The van der Waals surface area contributed by atoms with E-state index in [4.69, 9.17) is 24.3 Å². The molecule has 0 amide bonds. The maximum atomic E-state index is 13.1. The molecule has 0 unspecified atom stereocenters. The fraction of sp³-hybridized carbons (Fsp3) is 0.469. The number of morpholine rings is 1. The van der Waals surface area contributed by atoms with Crippen LogP contribution >= 0.6 is 0 Å². The lowest BCUT2D eigenvalue weighted by molar-refractivity contribution is -0.176. The number of ether oxygens (including phenoxy) is 3. The number of nitrogens with one attached hydrogen (secondary N) is 2. The van der Waals surface area contributed by atoms with Crippen LogP contribution in [0.2, 0.25) is 0 Å². The third-order valence-electron chi connectivity index (χ3n) is 8.06. The Morgan fingerprint density at radius 1 is 1.25 bits per heavy atom. The van der Waals surface area contributed by atoms with Gasteiger partial charge in [-0.1, -0.05) is 0 Å². The third kappa shape index (κ3) is 5.85. The van der Waals surface area contributed by atoms with Gasteiger partial charge in [-0.05, 0) is 76.9 Å².